The van der Waals surface area contributed by atoms with Crippen molar-refractivity contribution in [3.8, 4) is 5.75 Å². The quantitative estimate of drug-likeness (QED) is 0.360. The highest BCUT2D eigenvalue weighted by Crippen LogP contribution is 2.36. The normalized spacial score (nSPS) is 20.2. The van der Waals surface area contributed by atoms with Crippen LogP contribution >= 0.6 is 11.6 Å². The van der Waals surface area contributed by atoms with E-state index in [9.17, 15) is 5.11 Å². The monoisotopic (exact) mass is 503 g/mol. The molecule has 4 aromatic rings. The number of oxazole rings is 1. The van der Waals surface area contributed by atoms with Crippen molar-refractivity contribution >= 4 is 11.6 Å². The Balaban J connectivity index is 1.35. The van der Waals surface area contributed by atoms with Crippen LogP contribution in [0.25, 0.3) is 0 Å². The molecule has 0 amide bonds. The van der Waals surface area contributed by atoms with Gasteiger partial charge in [0.2, 0.25) is 5.89 Å². The van der Waals surface area contributed by atoms with E-state index in [4.69, 9.17) is 20.8 Å². The van der Waals surface area contributed by atoms with Crippen LogP contribution in [-0.2, 0) is 12.1 Å². The van der Waals surface area contributed by atoms with E-state index >= 15 is 0 Å². The molecule has 0 saturated carbocycles. The lowest BCUT2D eigenvalue weighted by Gasteiger charge is -2.35. The van der Waals surface area contributed by atoms with Gasteiger partial charge in [0, 0.05) is 17.4 Å². The predicted octanol–water partition coefficient (Wildman–Crippen LogP) is 4.87. The number of rotatable bonds is 8. The second kappa shape index (κ2) is 10.9. The molecular weight excluding hydrogens is 472 g/mol. The van der Waals surface area contributed by atoms with Gasteiger partial charge in [0.1, 0.15) is 18.8 Å². The summed E-state index contributed by atoms with van der Waals surface area (Å²) in [5.74, 6) is 2.34. The molecule has 186 valence electrons. The minimum Gasteiger partial charge on any atom is -0.484 e. The molecule has 36 heavy (non-hydrogen) atoms. The lowest BCUT2D eigenvalue weighted by atomic mass is 9.86. The minimum atomic E-state index is -1.47. The fraction of sp³-hybridized carbons (Fsp3) is 0.300. The maximum atomic E-state index is 11.9. The Labute approximate surface area is 217 Å². The van der Waals surface area contributed by atoms with Gasteiger partial charge in [-0.05, 0) is 35.7 Å². The van der Waals surface area contributed by atoms with Gasteiger partial charge in [-0.25, -0.2) is 4.98 Å². The van der Waals surface area contributed by atoms with Crippen molar-refractivity contribution in [3.05, 3.63) is 119 Å². The summed E-state index contributed by atoms with van der Waals surface area (Å²) in [6, 6.07) is 26.7. The largest absolute Gasteiger partial charge is 0.484 e. The highest BCUT2D eigenvalue weighted by molar-refractivity contribution is 6.30. The Morgan fingerprint density at radius 3 is 2.36 bits per heavy atom. The summed E-state index contributed by atoms with van der Waals surface area (Å²) < 4.78 is 12.6. The van der Waals surface area contributed by atoms with E-state index in [0.717, 1.165) is 48.6 Å². The molecule has 1 fully saturated rings. The lowest BCUT2D eigenvalue weighted by molar-refractivity contribution is -0.923. The predicted molar refractivity (Wildman–Crippen MR) is 140 cm³/mol. The number of piperidine rings is 1. The lowest BCUT2D eigenvalue weighted by Crippen LogP contribution is -3.13. The molecule has 3 atom stereocenters. The van der Waals surface area contributed by atoms with E-state index in [2.05, 4.69) is 11.9 Å². The number of ether oxygens (including phenoxy) is 1. The van der Waals surface area contributed by atoms with Gasteiger partial charge in [-0.2, -0.15) is 0 Å². The van der Waals surface area contributed by atoms with Gasteiger partial charge < -0.3 is 19.2 Å². The Bertz CT molecular complexity index is 1220. The fourth-order valence-corrected chi connectivity index (χ4v) is 5.36. The zero-order chi connectivity index (χ0) is 25.0. The van der Waals surface area contributed by atoms with Gasteiger partial charge in [0.05, 0.1) is 12.7 Å². The first-order valence-electron chi connectivity index (χ1n) is 12.6. The van der Waals surface area contributed by atoms with Crippen molar-refractivity contribution in [1.82, 2.24) is 4.98 Å². The maximum absolute atomic E-state index is 11.9. The molecule has 1 saturated heterocycles. The zero-order valence-corrected chi connectivity index (χ0v) is 21.2. The number of aromatic nitrogens is 1. The standard InChI is InChI=1S/C30H31ClN2O3/c1-2-22-16-17-33(21-28(22)35-26-15-9-14-25(31)18-26)20-27-19-32-29(36-27)30(34,23-10-5-3-6-11-23)24-12-7-4-8-13-24/h3-15,18-19,22,28,34H,2,16-17,20-21H2,1H3/p+1. The van der Waals surface area contributed by atoms with Gasteiger partial charge in [0.25, 0.3) is 0 Å². The average molecular weight is 504 g/mol. The number of likely N-dealkylation sites (tertiary alicyclic amines) is 1. The van der Waals surface area contributed by atoms with Gasteiger partial charge in [-0.15, -0.1) is 0 Å². The zero-order valence-electron chi connectivity index (χ0n) is 20.4. The highest BCUT2D eigenvalue weighted by Gasteiger charge is 2.39. The molecule has 1 aliphatic rings. The number of aliphatic hydroxyl groups is 1. The first-order chi connectivity index (χ1) is 17.6. The van der Waals surface area contributed by atoms with Crippen molar-refractivity contribution < 1.29 is 19.2 Å². The van der Waals surface area contributed by atoms with Gasteiger partial charge in [0.15, 0.2) is 17.5 Å². The minimum absolute atomic E-state index is 0.102. The van der Waals surface area contributed by atoms with Crippen molar-refractivity contribution in [3.63, 3.8) is 0 Å². The molecular formula is C30H32ClN2O3+. The number of quaternary nitrogens is 1. The number of nitrogens with zero attached hydrogens (tertiary/aromatic N) is 1. The summed E-state index contributed by atoms with van der Waals surface area (Å²) in [7, 11) is 0. The molecule has 5 nitrogen and oxygen atoms in total. The summed E-state index contributed by atoms with van der Waals surface area (Å²) in [5.41, 5.74) is -0.0323. The van der Waals surface area contributed by atoms with Crippen molar-refractivity contribution in [2.45, 2.75) is 38.0 Å². The molecule has 0 bridgehead atoms. The molecule has 0 radical (unpaired) electrons. The van der Waals surface area contributed by atoms with Crippen molar-refractivity contribution in [2.24, 2.45) is 5.92 Å². The van der Waals surface area contributed by atoms with Crippen molar-refractivity contribution in [1.29, 1.82) is 0 Å². The van der Waals surface area contributed by atoms with E-state index in [-0.39, 0.29) is 12.0 Å². The van der Waals surface area contributed by atoms with Crippen LogP contribution in [0.3, 0.4) is 0 Å². The topological polar surface area (TPSA) is 59.9 Å². The van der Waals surface area contributed by atoms with Crippen LogP contribution < -0.4 is 9.64 Å². The molecule has 3 aromatic carbocycles. The van der Waals surface area contributed by atoms with Crippen LogP contribution in [0.4, 0.5) is 0 Å². The molecule has 1 aromatic heterocycles. The maximum Gasteiger partial charge on any atom is 0.236 e. The number of nitrogens with one attached hydrogen (secondary N) is 1. The summed E-state index contributed by atoms with van der Waals surface area (Å²) >= 11 is 6.17. The van der Waals surface area contributed by atoms with Crippen LogP contribution in [0.1, 0.15) is 42.5 Å². The second-order valence-electron chi connectivity index (χ2n) is 9.53. The first kappa shape index (κ1) is 24.6. The van der Waals surface area contributed by atoms with Crippen LogP contribution in [0.15, 0.2) is 95.5 Å². The van der Waals surface area contributed by atoms with Gasteiger partial charge in [-0.1, -0.05) is 85.3 Å². The number of benzene rings is 3. The van der Waals surface area contributed by atoms with E-state index in [1.807, 2.05) is 84.9 Å². The summed E-state index contributed by atoms with van der Waals surface area (Å²) in [5, 5.41) is 12.6. The molecule has 2 heterocycles. The molecule has 6 heteroatoms. The molecule has 0 spiro atoms. The van der Waals surface area contributed by atoms with E-state index in [1.165, 1.54) is 4.90 Å². The summed E-state index contributed by atoms with van der Waals surface area (Å²) in [6.07, 6.45) is 4.00. The SMILES string of the molecule is CCC1CC[NH+](Cc2cnc(C(O)(c3ccccc3)c3ccccc3)o2)CC1Oc1cccc(Cl)c1. The number of hydrogen-bond acceptors (Lipinski definition) is 4. The molecule has 2 N–H and O–H groups in total. The smallest absolute Gasteiger partial charge is 0.236 e. The Morgan fingerprint density at radius 1 is 1.03 bits per heavy atom. The van der Waals surface area contributed by atoms with E-state index < -0.39 is 5.60 Å². The third kappa shape index (κ3) is 5.19. The van der Waals surface area contributed by atoms with Gasteiger partial charge >= 0.3 is 0 Å². The summed E-state index contributed by atoms with van der Waals surface area (Å²) in [4.78, 5) is 5.93. The molecule has 3 unspecified atom stereocenters. The Kier molecular flexibility index (Phi) is 7.42. The third-order valence-corrected chi connectivity index (χ3v) is 7.40. The highest BCUT2D eigenvalue weighted by atomic mass is 35.5. The van der Waals surface area contributed by atoms with Crippen LogP contribution in [0.2, 0.25) is 5.02 Å². The van der Waals surface area contributed by atoms with Crippen molar-refractivity contribution in [2.75, 3.05) is 13.1 Å². The third-order valence-electron chi connectivity index (χ3n) is 7.16. The Hall–Kier alpha value is -3.12. The molecule has 5 rings (SSSR count). The fourth-order valence-electron chi connectivity index (χ4n) is 5.18. The molecule has 1 aliphatic heterocycles. The summed E-state index contributed by atoms with van der Waals surface area (Å²) in [6.45, 7) is 4.80. The molecule has 0 aliphatic carbocycles. The Morgan fingerprint density at radius 2 is 1.72 bits per heavy atom. The van der Waals surface area contributed by atoms with Crippen LogP contribution in [-0.4, -0.2) is 29.3 Å². The van der Waals surface area contributed by atoms with Crippen LogP contribution in [0, 0.1) is 5.92 Å². The number of hydrogen-bond donors (Lipinski definition) is 2. The first-order valence-corrected chi connectivity index (χ1v) is 13.0. The van der Waals surface area contributed by atoms with E-state index in [0.29, 0.717) is 17.5 Å². The number of halogens is 1. The average Bonchev–Trinajstić information content (AvgIpc) is 3.38. The van der Waals surface area contributed by atoms with Crippen LogP contribution in [0.5, 0.6) is 5.75 Å². The van der Waals surface area contributed by atoms with E-state index in [1.54, 1.807) is 6.20 Å². The second-order valence-corrected chi connectivity index (χ2v) is 9.96. The van der Waals surface area contributed by atoms with Gasteiger partial charge in [-0.3, -0.25) is 0 Å².